The molecule has 14 heteroatoms. The molecule has 1 aromatic heterocycles. The number of likely N-dealkylation sites (N-methyl/N-ethyl adjacent to an activating group) is 1. The molecule has 3 aromatic carbocycles. The molecule has 0 aliphatic carbocycles. The van der Waals surface area contributed by atoms with E-state index in [-0.39, 0.29) is 17.5 Å². The third-order valence-corrected chi connectivity index (χ3v) is 8.54. The summed E-state index contributed by atoms with van der Waals surface area (Å²) in [7, 11) is 3.62. The Morgan fingerprint density at radius 1 is 1.04 bits per heavy atom. The summed E-state index contributed by atoms with van der Waals surface area (Å²) in [6.07, 6.45) is -1.68. The Kier molecular flexibility index (Phi) is 9.69. The van der Waals surface area contributed by atoms with Crippen molar-refractivity contribution in [3.8, 4) is 16.9 Å². The summed E-state index contributed by atoms with van der Waals surface area (Å²) in [5, 5.41) is 7.79. The van der Waals surface area contributed by atoms with Crippen molar-refractivity contribution in [1.82, 2.24) is 14.9 Å². The number of alkyl halides is 3. The number of amides is 1. The SMILES string of the molecule is C=CC(=O)Nc1cc(Nc2cc(N3OCCC3c3cccc(-c4cccc(C(F)(F)F)c4F)c3)ncn2)c(OC)cc1N1CCN(C)CC1. The number of benzene rings is 3. The zero-order valence-corrected chi connectivity index (χ0v) is 26.9. The average Bonchev–Trinajstić information content (AvgIpc) is 3.59. The van der Waals surface area contributed by atoms with Crippen LogP contribution in [0.15, 0.2) is 79.6 Å². The van der Waals surface area contributed by atoms with E-state index in [1.807, 2.05) is 12.1 Å². The number of hydroxylamine groups is 1. The van der Waals surface area contributed by atoms with Crippen molar-refractivity contribution in [2.45, 2.75) is 18.6 Å². The van der Waals surface area contributed by atoms with E-state index in [1.54, 1.807) is 42.5 Å². The van der Waals surface area contributed by atoms with E-state index in [1.165, 1.54) is 24.5 Å². The fourth-order valence-electron chi connectivity index (χ4n) is 5.99. The van der Waals surface area contributed by atoms with Crippen molar-refractivity contribution >= 4 is 34.6 Å². The zero-order chi connectivity index (χ0) is 34.7. The molecule has 2 aliphatic rings. The summed E-state index contributed by atoms with van der Waals surface area (Å²) in [6, 6.07) is 14.9. The van der Waals surface area contributed by atoms with E-state index in [0.29, 0.717) is 52.9 Å². The molecule has 10 nitrogen and oxygen atoms in total. The summed E-state index contributed by atoms with van der Waals surface area (Å²) < 4.78 is 60.9. The predicted molar refractivity (Wildman–Crippen MR) is 179 cm³/mol. The van der Waals surface area contributed by atoms with Gasteiger partial charge in [0, 0.05) is 50.3 Å². The Morgan fingerprint density at radius 3 is 2.55 bits per heavy atom. The van der Waals surface area contributed by atoms with Crippen LogP contribution >= 0.6 is 0 Å². The maximum atomic E-state index is 15.0. The first kappa shape index (κ1) is 33.7. The highest BCUT2D eigenvalue weighted by atomic mass is 19.4. The molecule has 1 amide bonds. The number of rotatable bonds is 9. The number of nitrogens with one attached hydrogen (secondary N) is 2. The lowest BCUT2D eigenvalue weighted by atomic mass is 9.96. The van der Waals surface area contributed by atoms with Crippen LogP contribution in [0.25, 0.3) is 11.1 Å². The molecule has 2 saturated heterocycles. The molecule has 2 N–H and O–H groups in total. The molecular formula is C35H35F4N7O3. The van der Waals surface area contributed by atoms with Crippen LogP contribution in [0.2, 0.25) is 0 Å². The average molecular weight is 678 g/mol. The van der Waals surface area contributed by atoms with Gasteiger partial charge in [-0.15, -0.1) is 0 Å². The molecule has 4 aromatic rings. The van der Waals surface area contributed by atoms with Crippen LogP contribution in [-0.2, 0) is 15.8 Å². The Bertz CT molecular complexity index is 1850. The monoisotopic (exact) mass is 677 g/mol. The summed E-state index contributed by atoms with van der Waals surface area (Å²) in [4.78, 5) is 31.6. The standard InChI is InChI=1S/C35H35F4N7O3/c1-4-33(47)43-26-18-27(30(48-3)19-29(26)45-14-12-44(2)13-15-45)42-31-20-32(41-21-40-31)46-28(11-16-49-46)23-8-5-7-22(17-23)24-9-6-10-25(34(24)36)35(37,38)39/h4-10,17-21,28H,1,11-16H2,2-3H3,(H,43,47)(H,40,41,42). The number of hydrogen-bond acceptors (Lipinski definition) is 9. The van der Waals surface area contributed by atoms with E-state index in [4.69, 9.17) is 9.57 Å². The van der Waals surface area contributed by atoms with E-state index < -0.39 is 17.6 Å². The van der Waals surface area contributed by atoms with Crippen molar-refractivity contribution in [3.05, 3.63) is 96.6 Å². The molecule has 0 saturated carbocycles. The van der Waals surface area contributed by atoms with Gasteiger partial charge in [-0.3, -0.25) is 9.63 Å². The molecular weight excluding hydrogens is 642 g/mol. The Labute approximate surface area is 280 Å². The highest BCUT2D eigenvalue weighted by Gasteiger charge is 2.35. The number of halogens is 4. The van der Waals surface area contributed by atoms with Crippen molar-refractivity contribution in [2.24, 2.45) is 0 Å². The molecule has 0 bridgehead atoms. The number of anilines is 5. The third-order valence-electron chi connectivity index (χ3n) is 8.54. The number of methoxy groups -OCH3 is 1. The van der Waals surface area contributed by atoms with Crippen LogP contribution < -0.4 is 25.3 Å². The first-order chi connectivity index (χ1) is 23.5. The summed E-state index contributed by atoms with van der Waals surface area (Å²) in [5.74, 6) is -0.320. The van der Waals surface area contributed by atoms with Crippen molar-refractivity contribution in [3.63, 3.8) is 0 Å². The van der Waals surface area contributed by atoms with Gasteiger partial charge in [-0.05, 0) is 42.4 Å². The van der Waals surface area contributed by atoms with Gasteiger partial charge in [0.2, 0.25) is 5.91 Å². The Hall–Kier alpha value is -5.21. The lowest BCUT2D eigenvalue weighted by Crippen LogP contribution is -2.44. The van der Waals surface area contributed by atoms with Gasteiger partial charge < -0.3 is 25.2 Å². The van der Waals surface area contributed by atoms with Crippen LogP contribution in [-0.4, -0.2) is 67.7 Å². The third kappa shape index (κ3) is 7.29. The van der Waals surface area contributed by atoms with Gasteiger partial charge in [-0.1, -0.05) is 36.9 Å². The number of nitrogens with zero attached hydrogens (tertiary/aromatic N) is 5. The van der Waals surface area contributed by atoms with E-state index in [2.05, 4.69) is 44.0 Å². The Morgan fingerprint density at radius 2 is 1.82 bits per heavy atom. The molecule has 0 radical (unpaired) electrons. The van der Waals surface area contributed by atoms with Crippen LogP contribution in [0.5, 0.6) is 5.75 Å². The van der Waals surface area contributed by atoms with Crippen LogP contribution in [0.4, 0.5) is 46.3 Å². The van der Waals surface area contributed by atoms with Gasteiger partial charge in [0.05, 0.1) is 42.4 Å². The minimum Gasteiger partial charge on any atom is -0.494 e. The molecule has 256 valence electrons. The number of hydrogen-bond donors (Lipinski definition) is 2. The number of carbonyl (C=O) groups excluding carboxylic acids is 1. The van der Waals surface area contributed by atoms with Gasteiger partial charge in [-0.2, -0.15) is 13.2 Å². The van der Waals surface area contributed by atoms with Crippen molar-refractivity contribution in [1.29, 1.82) is 0 Å². The Balaban J connectivity index is 1.28. The molecule has 2 fully saturated rings. The fraction of sp³-hybridized carbons (Fsp3) is 0.286. The van der Waals surface area contributed by atoms with Gasteiger partial charge in [0.15, 0.2) is 5.82 Å². The van der Waals surface area contributed by atoms with Gasteiger partial charge in [0.25, 0.3) is 0 Å². The topological polar surface area (TPSA) is 95.1 Å². The summed E-state index contributed by atoms with van der Waals surface area (Å²) >= 11 is 0. The largest absolute Gasteiger partial charge is 0.494 e. The molecule has 2 aliphatic heterocycles. The highest BCUT2D eigenvalue weighted by molar-refractivity contribution is 6.02. The highest BCUT2D eigenvalue weighted by Crippen LogP contribution is 2.41. The summed E-state index contributed by atoms with van der Waals surface area (Å²) in [5.41, 5.74) is 1.49. The maximum Gasteiger partial charge on any atom is 0.419 e. The second kappa shape index (κ2) is 14.1. The maximum absolute atomic E-state index is 15.0. The van der Waals surface area contributed by atoms with E-state index in [0.717, 1.165) is 37.9 Å². The first-order valence-corrected chi connectivity index (χ1v) is 15.6. The lowest BCUT2D eigenvalue weighted by molar-refractivity contribution is -0.139. The number of carbonyl (C=O) groups is 1. The van der Waals surface area contributed by atoms with E-state index in [9.17, 15) is 18.0 Å². The molecule has 49 heavy (non-hydrogen) atoms. The smallest absolute Gasteiger partial charge is 0.419 e. The molecule has 1 atom stereocenters. The number of ether oxygens (including phenoxy) is 1. The quantitative estimate of drug-likeness (QED) is 0.146. The molecule has 0 spiro atoms. The number of piperazine rings is 1. The minimum absolute atomic E-state index is 0.146. The van der Waals surface area contributed by atoms with Gasteiger partial charge in [0.1, 0.15) is 23.7 Å². The van der Waals surface area contributed by atoms with Gasteiger partial charge >= 0.3 is 6.18 Å². The molecule has 1 unspecified atom stereocenters. The first-order valence-electron chi connectivity index (χ1n) is 15.6. The van der Waals surface area contributed by atoms with Crippen LogP contribution in [0.1, 0.15) is 23.6 Å². The van der Waals surface area contributed by atoms with Gasteiger partial charge in [-0.25, -0.2) is 19.4 Å². The zero-order valence-electron chi connectivity index (χ0n) is 26.9. The summed E-state index contributed by atoms with van der Waals surface area (Å²) in [6.45, 7) is 7.21. The van der Waals surface area contributed by atoms with E-state index >= 15 is 4.39 Å². The lowest BCUT2D eigenvalue weighted by Gasteiger charge is -2.35. The van der Waals surface area contributed by atoms with Crippen molar-refractivity contribution < 1.29 is 31.9 Å². The number of aromatic nitrogens is 2. The predicted octanol–water partition coefficient (Wildman–Crippen LogP) is 6.81. The fourth-order valence-corrected chi connectivity index (χ4v) is 5.99. The van der Waals surface area contributed by atoms with Crippen LogP contribution in [0.3, 0.4) is 0 Å². The van der Waals surface area contributed by atoms with Crippen molar-refractivity contribution in [2.75, 3.05) is 67.5 Å². The molecule has 6 rings (SSSR count). The second-order valence-corrected chi connectivity index (χ2v) is 11.7. The molecule has 3 heterocycles. The van der Waals surface area contributed by atoms with Crippen LogP contribution in [0, 0.1) is 5.82 Å². The minimum atomic E-state index is -4.82. The second-order valence-electron chi connectivity index (χ2n) is 11.7. The normalized spacial score (nSPS) is 16.8.